The minimum Gasteiger partial charge on any atom is -0.297 e. The maximum absolute atomic E-state index is 4.59. The highest BCUT2D eigenvalue weighted by Gasteiger charge is 2.24. The Morgan fingerprint density at radius 1 is 1.26 bits per heavy atom. The smallest absolute Gasteiger partial charge is 0.0739 e. The molecule has 0 atom stereocenters. The third-order valence-electron chi connectivity index (χ3n) is 4.26. The van der Waals surface area contributed by atoms with Gasteiger partial charge in [-0.2, -0.15) is 5.10 Å². The van der Waals surface area contributed by atoms with Crippen LogP contribution in [-0.4, -0.2) is 27.8 Å². The summed E-state index contributed by atoms with van der Waals surface area (Å²) in [5, 5.41) is 4.59. The van der Waals surface area contributed by atoms with Crippen molar-refractivity contribution < 1.29 is 0 Å². The zero-order valence-corrected chi connectivity index (χ0v) is 14.3. The van der Waals surface area contributed by atoms with E-state index in [0.29, 0.717) is 5.41 Å². The molecule has 0 saturated carbocycles. The van der Waals surface area contributed by atoms with Crippen LogP contribution in [0.5, 0.6) is 0 Å². The van der Waals surface area contributed by atoms with Gasteiger partial charge in [-0.15, -0.1) is 0 Å². The Kier molecular flexibility index (Phi) is 4.72. The van der Waals surface area contributed by atoms with E-state index in [4.69, 9.17) is 0 Å². The molecule has 0 aliphatic carbocycles. The largest absolute Gasteiger partial charge is 0.297 e. The summed E-state index contributed by atoms with van der Waals surface area (Å²) in [6.45, 7) is 13.4. The number of nitrogens with zero attached hydrogens (tertiary/aromatic N) is 3. The Hall–Kier alpha value is -0.350. The van der Waals surface area contributed by atoms with Crippen molar-refractivity contribution in [3.8, 4) is 0 Å². The maximum atomic E-state index is 4.59. The first-order valence-electron chi connectivity index (χ1n) is 7.37. The highest BCUT2D eigenvalue weighted by molar-refractivity contribution is 9.10. The standard InChI is InChI=1S/C15H26BrN3/c1-5-19-13(14(16)12(2)17-19)11-18-9-6-7-15(3,4)8-10-18/h5-11H2,1-4H3. The zero-order chi connectivity index (χ0) is 14.0. The minimum atomic E-state index is 0.507. The summed E-state index contributed by atoms with van der Waals surface area (Å²) in [7, 11) is 0. The number of aryl methyl sites for hydroxylation is 2. The van der Waals surface area contributed by atoms with Gasteiger partial charge in [-0.25, -0.2) is 0 Å². The van der Waals surface area contributed by atoms with Gasteiger partial charge in [0.25, 0.3) is 0 Å². The number of rotatable bonds is 3. The molecule has 0 N–H and O–H groups in total. The third-order valence-corrected chi connectivity index (χ3v) is 5.29. The van der Waals surface area contributed by atoms with Crippen LogP contribution in [0.25, 0.3) is 0 Å². The lowest BCUT2D eigenvalue weighted by Crippen LogP contribution is -2.26. The molecule has 4 heteroatoms. The van der Waals surface area contributed by atoms with Crippen molar-refractivity contribution in [1.29, 1.82) is 0 Å². The van der Waals surface area contributed by atoms with E-state index in [1.807, 2.05) is 0 Å². The quantitative estimate of drug-likeness (QED) is 0.837. The van der Waals surface area contributed by atoms with E-state index in [9.17, 15) is 0 Å². The molecule has 1 saturated heterocycles. The molecule has 0 amide bonds. The molecule has 19 heavy (non-hydrogen) atoms. The molecule has 0 radical (unpaired) electrons. The molecule has 1 fully saturated rings. The van der Waals surface area contributed by atoms with Gasteiger partial charge in [0.05, 0.1) is 15.9 Å². The molecule has 108 valence electrons. The number of halogens is 1. The lowest BCUT2D eigenvalue weighted by Gasteiger charge is -2.23. The van der Waals surface area contributed by atoms with Crippen LogP contribution < -0.4 is 0 Å². The predicted molar refractivity (Wildman–Crippen MR) is 83.2 cm³/mol. The summed E-state index contributed by atoms with van der Waals surface area (Å²) in [5.41, 5.74) is 2.94. The molecule has 2 heterocycles. The van der Waals surface area contributed by atoms with E-state index in [1.165, 1.54) is 42.5 Å². The molecule has 0 bridgehead atoms. The summed E-state index contributed by atoms with van der Waals surface area (Å²) in [5.74, 6) is 0. The average Bonchev–Trinajstić information content (AvgIpc) is 2.52. The van der Waals surface area contributed by atoms with Gasteiger partial charge in [-0.3, -0.25) is 9.58 Å². The van der Waals surface area contributed by atoms with Crippen LogP contribution in [0.3, 0.4) is 0 Å². The van der Waals surface area contributed by atoms with E-state index in [-0.39, 0.29) is 0 Å². The topological polar surface area (TPSA) is 21.1 Å². The second kappa shape index (κ2) is 5.96. The van der Waals surface area contributed by atoms with Crippen molar-refractivity contribution >= 4 is 15.9 Å². The number of hydrogen-bond acceptors (Lipinski definition) is 2. The van der Waals surface area contributed by atoms with Crippen molar-refractivity contribution in [2.24, 2.45) is 5.41 Å². The second-order valence-electron chi connectivity index (χ2n) is 6.46. The Morgan fingerprint density at radius 3 is 2.68 bits per heavy atom. The van der Waals surface area contributed by atoms with Gasteiger partial charge >= 0.3 is 0 Å². The fourth-order valence-corrected chi connectivity index (χ4v) is 3.28. The van der Waals surface area contributed by atoms with Gasteiger partial charge in [0.2, 0.25) is 0 Å². The monoisotopic (exact) mass is 327 g/mol. The molecular formula is C15H26BrN3. The molecule has 2 rings (SSSR count). The molecule has 1 aliphatic heterocycles. The van der Waals surface area contributed by atoms with E-state index in [1.54, 1.807) is 0 Å². The summed E-state index contributed by atoms with van der Waals surface area (Å²) >= 11 is 3.70. The van der Waals surface area contributed by atoms with E-state index in [0.717, 1.165) is 18.8 Å². The predicted octanol–water partition coefficient (Wildman–Crippen LogP) is 3.99. The van der Waals surface area contributed by atoms with E-state index >= 15 is 0 Å². The Morgan fingerprint density at radius 2 is 2.00 bits per heavy atom. The fourth-order valence-electron chi connectivity index (χ4n) is 2.87. The second-order valence-corrected chi connectivity index (χ2v) is 7.25. The molecule has 0 spiro atoms. The lowest BCUT2D eigenvalue weighted by molar-refractivity contribution is 0.249. The van der Waals surface area contributed by atoms with Crippen LogP contribution >= 0.6 is 15.9 Å². The molecule has 1 aromatic rings. The number of aromatic nitrogens is 2. The number of likely N-dealkylation sites (tertiary alicyclic amines) is 1. The van der Waals surface area contributed by atoms with Crippen molar-refractivity contribution in [3.63, 3.8) is 0 Å². The van der Waals surface area contributed by atoms with Crippen LogP contribution in [0.2, 0.25) is 0 Å². The molecule has 0 unspecified atom stereocenters. The lowest BCUT2D eigenvalue weighted by atomic mass is 9.85. The van der Waals surface area contributed by atoms with Gasteiger partial charge < -0.3 is 0 Å². The average molecular weight is 328 g/mol. The van der Waals surface area contributed by atoms with Gasteiger partial charge in [-0.1, -0.05) is 13.8 Å². The Bertz CT molecular complexity index is 437. The van der Waals surface area contributed by atoms with Crippen LogP contribution in [0.15, 0.2) is 4.47 Å². The van der Waals surface area contributed by atoms with Crippen molar-refractivity contribution in [3.05, 3.63) is 15.9 Å². The first-order chi connectivity index (χ1) is 8.93. The highest BCUT2D eigenvalue weighted by atomic mass is 79.9. The SMILES string of the molecule is CCn1nc(C)c(Br)c1CN1CCCC(C)(C)CC1. The number of hydrogen-bond donors (Lipinski definition) is 0. The van der Waals surface area contributed by atoms with Crippen LogP contribution in [0.4, 0.5) is 0 Å². The fraction of sp³-hybridized carbons (Fsp3) is 0.800. The Labute approximate surface area is 125 Å². The van der Waals surface area contributed by atoms with Gasteiger partial charge in [0.1, 0.15) is 0 Å². The maximum Gasteiger partial charge on any atom is 0.0739 e. The minimum absolute atomic E-state index is 0.507. The normalized spacial score (nSPS) is 20.5. The summed E-state index contributed by atoms with van der Waals surface area (Å²) < 4.78 is 3.33. The van der Waals surface area contributed by atoms with Crippen LogP contribution in [-0.2, 0) is 13.1 Å². The molecule has 3 nitrogen and oxygen atoms in total. The van der Waals surface area contributed by atoms with E-state index in [2.05, 4.69) is 58.3 Å². The van der Waals surface area contributed by atoms with E-state index < -0.39 is 0 Å². The highest BCUT2D eigenvalue weighted by Crippen LogP contribution is 2.31. The summed E-state index contributed by atoms with van der Waals surface area (Å²) in [6, 6.07) is 0. The van der Waals surface area contributed by atoms with Crippen LogP contribution in [0, 0.1) is 12.3 Å². The molecule has 0 aromatic carbocycles. The van der Waals surface area contributed by atoms with Gasteiger partial charge in [0.15, 0.2) is 0 Å². The van der Waals surface area contributed by atoms with Crippen molar-refractivity contribution in [2.45, 2.75) is 60.0 Å². The molecule has 1 aromatic heterocycles. The molecule has 1 aliphatic rings. The van der Waals surface area contributed by atoms with Gasteiger partial charge in [-0.05, 0) is 67.5 Å². The Balaban J connectivity index is 2.09. The van der Waals surface area contributed by atoms with Crippen molar-refractivity contribution in [2.75, 3.05) is 13.1 Å². The zero-order valence-electron chi connectivity index (χ0n) is 12.7. The van der Waals surface area contributed by atoms with Gasteiger partial charge in [0, 0.05) is 13.1 Å². The molecular weight excluding hydrogens is 302 g/mol. The first-order valence-corrected chi connectivity index (χ1v) is 8.16. The summed E-state index contributed by atoms with van der Waals surface area (Å²) in [6.07, 6.45) is 3.95. The first kappa shape index (κ1) is 15.0. The third kappa shape index (κ3) is 3.60. The van der Waals surface area contributed by atoms with Crippen molar-refractivity contribution in [1.82, 2.24) is 14.7 Å². The summed E-state index contributed by atoms with van der Waals surface area (Å²) in [4.78, 5) is 2.59. The van der Waals surface area contributed by atoms with Crippen LogP contribution in [0.1, 0.15) is 51.4 Å².